The number of hydrogen-bond donors (Lipinski definition) is 1. The molecule has 2 atom stereocenters. The van der Waals surface area contributed by atoms with Crippen LogP contribution in [-0.4, -0.2) is 53.2 Å². The number of hydrogen-bond acceptors (Lipinski definition) is 3. The summed E-state index contributed by atoms with van der Waals surface area (Å²) < 4.78 is 0. The molecule has 1 saturated heterocycles. The first-order valence-corrected chi connectivity index (χ1v) is 8.89. The second-order valence-corrected chi connectivity index (χ2v) is 6.88. The molecule has 6 nitrogen and oxygen atoms in total. The fourth-order valence-corrected chi connectivity index (χ4v) is 3.29. The molecule has 1 unspecified atom stereocenters. The molecule has 140 valence electrons. The number of carbonyl (C=O) groups is 3. The normalized spacial score (nSPS) is 18.4. The minimum Gasteiger partial charge on any atom is -0.341 e. The Kier molecular flexibility index (Phi) is 6.55. The van der Waals surface area contributed by atoms with Crippen LogP contribution in [0, 0.1) is 5.92 Å². The molecular formula is C20H27N3O3. The van der Waals surface area contributed by atoms with Crippen molar-refractivity contribution in [2.75, 3.05) is 19.6 Å². The summed E-state index contributed by atoms with van der Waals surface area (Å²) >= 11 is 0. The molecule has 1 aromatic rings. The standard InChI is InChI=1S/C20H27N3O3/c1-5-18(25)23-12-11-22(13-17(23)14(2)3)20(26)19(21-15(4)24)16-9-7-6-8-10-16/h5-10,14,17,19H,1,11-13H2,2-4H3,(H,21,24)/t17-,19?/m1/s1. The lowest BCUT2D eigenvalue weighted by molar-refractivity contribution is -0.144. The van der Waals surface area contributed by atoms with Crippen LogP contribution >= 0.6 is 0 Å². The maximum Gasteiger partial charge on any atom is 0.249 e. The van der Waals surface area contributed by atoms with Crippen LogP contribution in [-0.2, 0) is 14.4 Å². The molecule has 0 aliphatic carbocycles. The van der Waals surface area contributed by atoms with Gasteiger partial charge in [0.25, 0.3) is 0 Å². The molecule has 1 fully saturated rings. The van der Waals surface area contributed by atoms with Gasteiger partial charge in [-0.05, 0) is 17.6 Å². The third-order valence-electron chi connectivity index (χ3n) is 4.68. The van der Waals surface area contributed by atoms with Gasteiger partial charge >= 0.3 is 0 Å². The van der Waals surface area contributed by atoms with Crippen LogP contribution in [0.1, 0.15) is 32.4 Å². The van der Waals surface area contributed by atoms with E-state index in [0.29, 0.717) is 19.6 Å². The summed E-state index contributed by atoms with van der Waals surface area (Å²) in [6.45, 7) is 10.4. The minimum atomic E-state index is -0.719. The van der Waals surface area contributed by atoms with E-state index in [2.05, 4.69) is 11.9 Å². The highest BCUT2D eigenvalue weighted by Gasteiger charge is 2.36. The number of benzene rings is 1. The molecule has 2 rings (SSSR count). The van der Waals surface area contributed by atoms with E-state index < -0.39 is 6.04 Å². The van der Waals surface area contributed by atoms with Gasteiger partial charge in [0.15, 0.2) is 0 Å². The van der Waals surface area contributed by atoms with E-state index in [1.54, 1.807) is 9.80 Å². The number of rotatable bonds is 5. The van der Waals surface area contributed by atoms with E-state index in [0.717, 1.165) is 5.56 Å². The van der Waals surface area contributed by atoms with Crippen LogP contribution in [0.3, 0.4) is 0 Å². The van der Waals surface area contributed by atoms with Crippen LogP contribution in [0.5, 0.6) is 0 Å². The predicted octanol–water partition coefficient (Wildman–Crippen LogP) is 1.75. The average Bonchev–Trinajstić information content (AvgIpc) is 2.65. The molecule has 1 aromatic carbocycles. The first-order chi connectivity index (χ1) is 12.3. The maximum atomic E-state index is 13.1. The first kappa shape index (κ1) is 19.7. The summed E-state index contributed by atoms with van der Waals surface area (Å²) in [5, 5.41) is 2.76. The van der Waals surface area contributed by atoms with E-state index in [9.17, 15) is 14.4 Å². The quantitative estimate of drug-likeness (QED) is 0.816. The van der Waals surface area contributed by atoms with E-state index in [1.807, 2.05) is 44.2 Å². The molecular weight excluding hydrogens is 330 g/mol. The zero-order valence-corrected chi connectivity index (χ0v) is 15.6. The Morgan fingerprint density at radius 3 is 2.38 bits per heavy atom. The summed E-state index contributed by atoms with van der Waals surface area (Å²) in [6, 6.07) is 8.42. The molecule has 0 aromatic heterocycles. The minimum absolute atomic E-state index is 0.0769. The van der Waals surface area contributed by atoms with Crippen molar-refractivity contribution >= 4 is 17.7 Å². The van der Waals surface area contributed by atoms with Crippen LogP contribution in [0.2, 0.25) is 0 Å². The Morgan fingerprint density at radius 2 is 1.85 bits per heavy atom. The fraction of sp³-hybridized carbons (Fsp3) is 0.450. The molecule has 6 heteroatoms. The van der Waals surface area contributed by atoms with Crippen molar-refractivity contribution in [2.24, 2.45) is 5.92 Å². The maximum absolute atomic E-state index is 13.1. The van der Waals surface area contributed by atoms with Crippen molar-refractivity contribution in [3.05, 3.63) is 48.6 Å². The van der Waals surface area contributed by atoms with Crippen molar-refractivity contribution in [3.8, 4) is 0 Å². The molecule has 0 bridgehead atoms. The molecule has 0 radical (unpaired) electrons. The van der Waals surface area contributed by atoms with Gasteiger partial charge in [0, 0.05) is 26.6 Å². The number of nitrogens with one attached hydrogen (secondary N) is 1. The SMILES string of the molecule is C=CC(=O)N1CCN(C(=O)C(NC(C)=O)c2ccccc2)C[C@@H]1C(C)C. The van der Waals surface area contributed by atoms with Crippen molar-refractivity contribution in [1.29, 1.82) is 0 Å². The van der Waals surface area contributed by atoms with Crippen LogP contribution in [0.4, 0.5) is 0 Å². The average molecular weight is 357 g/mol. The van der Waals surface area contributed by atoms with Crippen molar-refractivity contribution in [3.63, 3.8) is 0 Å². The Morgan fingerprint density at radius 1 is 1.19 bits per heavy atom. The monoisotopic (exact) mass is 357 g/mol. The topological polar surface area (TPSA) is 69.7 Å². The number of amides is 3. The third kappa shape index (κ3) is 4.50. The first-order valence-electron chi connectivity index (χ1n) is 8.89. The molecule has 1 aliphatic rings. The summed E-state index contributed by atoms with van der Waals surface area (Å²) in [5.41, 5.74) is 0.749. The van der Waals surface area contributed by atoms with Crippen molar-refractivity contribution < 1.29 is 14.4 Å². The van der Waals surface area contributed by atoms with Crippen LogP contribution in [0.15, 0.2) is 43.0 Å². The Balaban J connectivity index is 2.22. The van der Waals surface area contributed by atoms with E-state index in [-0.39, 0.29) is 29.7 Å². The summed E-state index contributed by atoms with van der Waals surface area (Å²) in [5.74, 6) is -0.321. The summed E-state index contributed by atoms with van der Waals surface area (Å²) in [7, 11) is 0. The highest BCUT2D eigenvalue weighted by atomic mass is 16.2. The van der Waals surface area contributed by atoms with Gasteiger partial charge in [0.1, 0.15) is 6.04 Å². The van der Waals surface area contributed by atoms with Crippen molar-refractivity contribution in [1.82, 2.24) is 15.1 Å². The number of piperazine rings is 1. The van der Waals surface area contributed by atoms with Crippen molar-refractivity contribution in [2.45, 2.75) is 32.9 Å². The van der Waals surface area contributed by atoms with Crippen LogP contribution < -0.4 is 5.32 Å². The highest BCUT2D eigenvalue weighted by molar-refractivity contribution is 5.89. The smallest absolute Gasteiger partial charge is 0.249 e. The van der Waals surface area contributed by atoms with Gasteiger partial charge < -0.3 is 15.1 Å². The van der Waals surface area contributed by atoms with Gasteiger partial charge in [-0.15, -0.1) is 0 Å². The predicted molar refractivity (Wildman–Crippen MR) is 100 cm³/mol. The molecule has 1 aliphatic heterocycles. The lowest BCUT2D eigenvalue weighted by Gasteiger charge is -2.43. The largest absolute Gasteiger partial charge is 0.341 e. The number of nitrogens with zero attached hydrogens (tertiary/aromatic N) is 2. The Labute approximate surface area is 154 Å². The summed E-state index contributed by atoms with van der Waals surface area (Å²) in [6.07, 6.45) is 1.32. The zero-order valence-electron chi connectivity index (χ0n) is 15.6. The second-order valence-electron chi connectivity index (χ2n) is 6.88. The van der Waals surface area contributed by atoms with Gasteiger partial charge in [-0.3, -0.25) is 14.4 Å². The van der Waals surface area contributed by atoms with E-state index in [1.165, 1.54) is 13.0 Å². The Hall–Kier alpha value is -2.63. The third-order valence-corrected chi connectivity index (χ3v) is 4.68. The molecule has 1 heterocycles. The second kappa shape index (κ2) is 8.65. The van der Waals surface area contributed by atoms with E-state index >= 15 is 0 Å². The molecule has 0 spiro atoms. The molecule has 26 heavy (non-hydrogen) atoms. The van der Waals surface area contributed by atoms with Gasteiger partial charge in [0.2, 0.25) is 17.7 Å². The van der Waals surface area contributed by atoms with E-state index in [4.69, 9.17) is 0 Å². The van der Waals surface area contributed by atoms with Crippen LogP contribution in [0.25, 0.3) is 0 Å². The molecule has 0 saturated carbocycles. The van der Waals surface area contributed by atoms with Gasteiger partial charge in [0.05, 0.1) is 6.04 Å². The molecule has 3 amide bonds. The number of carbonyl (C=O) groups excluding carboxylic acids is 3. The lowest BCUT2D eigenvalue weighted by atomic mass is 9.98. The van der Waals surface area contributed by atoms with Gasteiger partial charge in [-0.1, -0.05) is 50.8 Å². The van der Waals surface area contributed by atoms with Gasteiger partial charge in [-0.25, -0.2) is 0 Å². The van der Waals surface area contributed by atoms with Gasteiger partial charge in [-0.2, -0.15) is 0 Å². The molecule has 1 N–H and O–H groups in total. The highest BCUT2D eigenvalue weighted by Crippen LogP contribution is 2.22. The zero-order chi connectivity index (χ0) is 19.3. The fourth-order valence-electron chi connectivity index (χ4n) is 3.29. The Bertz CT molecular complexity index is 672. The lowest BCUT2D eigenvalue weighted by Crippen LogP contribution is -2.59. The summed E-state index contributed by atoms with van der Waals surface area (Å²) in [4.78, 5) is 40.4.